The number of hydrogen-bond donors (Lipinski definition) is 5. The summed E-state index contributed by atoms with van der Waals surface area (Å²) in [7, 11) is 0. The number of ketones is 2. The van der Waals surface area contributed by atoms with Gasteiger partial charge in [0.2, 0.25) is 23.6 Å². The summed E-state index contributed by atoms with van der Waals surface area (Å²) >= 11 is 0. The molecular weight excluding hydrogens is 994 g/mol. The number of halogens is 1. The van der Waals surface area contributed by atoms with E-state index in [1.54, 1.807) is 58.0 Å². The van der Waals surface area contributed by atoms with E-state index in [2.05, 4.69) is 21.3 Å². The number of nitrogens with zero attached hydrogens (tertiary/aromatic N) is 3. The molecule has 2 aromatic carbocycles. The van der Waals surface area contributed by atoms with Crippen molar-refractivity contribution in [3.63, 3.8) is 0 Å². The molecule has 5 heterocycles. The number of aliphatic hydroxyl groups is 1. The third-order valence-electron chi connectivity index (χ3n) is 15.3. The van der Waals surface area contributed by atoms with Crippen molar-refractivity contribution in [3.8, 4) is 11.4 Å². The van der Waals surface area contributed by atoms with E-state index in [0.717, 1.165) is 16.0 Å². The Balaban J connectivity index is 0.833. The van der Waals surface area contributed by atoms with E-state index in [0.29, 0.717) is 71.1 Å². The van der Waals surface area contributed by atoms with Crippen LogP contribution in [0.1, 0.15) is 136 Å². The highest BCUT2D eigenvalue weighted by molar-refractivity contribution is 6.12. The number of pyridine rings is 2. The number of rotatable bonds is 24. The fourth-order valence-electron chi connectivity index (χ4n) is 10.6. The Morgan fingerprint density at radius 2 is 1.60 bits per heavy atom. The number of aryl methyl sites for hydroxylation is 1. The fraction of sp³-hybridized carbons (Fsp3) is 0.456. The third kappa shape index (κ3) is 12.0. The molecule has 6 amide bonds. The molecule has 0 bridgehead atoms. The molecule has 2 aromatic heterocycles. The zero-order valence-corrected chi connectivity index (χ0v) is 43.7. The summed E-state index contributed by atoms with van der Waals surface area (Å²) < 4.78 is 22.2. The van der Waals surface area contributed by atoms with Crippen molar-refractivity contribution in [2.45, 2.75) is 142 Å². The number of imide groups is 1. The van der Waals surface area contributed by atoms with Gasteiger partial charge in [-0.15, -0.1) is 0 Å². The topological polar surface area (TPSA) is 269 Å². The summed E-state index contributed by atoms with van der Waals surface area (Å²) in [5.74, 6) is -4.45. The second kappa shape index (κ2) is 23.2. The Hall–Kier alpha value is -7.74. The molecular formula is C57H64FN7O12. The second-order valence-electron chi connectivity index (χ2n) is 20.9. The summed E-state index contributed by atoms with van der Waals surface area (Å²) in [6, 6.07) is 10.4. The fourth-order valence-corrected chi connectivity index (χ4v) is 10.6. The molecule has 4 aromatic rings. The lowest BCUT2D eigenvalue weighted by Gasteiger charge is -2.33. The number of nitrogens with one attached hydrogen (secondary N) is 4. The maximum absolute atomic E-state index is 15.5. The highest BCUT2D eigenvalue weighted by Gasteiger charge is 2.46. The van der Waals surface area contributed by atoms with Gasteiger partial charge in [-0.3, -0.25) is 48.1 Å². The minimum atomic E-state index is -2.04. The number of hydrogen-bond acceptors (Lipinski definition) is 13. The highest BCUT2D eigenvalue weighted by Crippen LogP contribution is 2.46. The molecule has 0 saturated carbocycles. The van der Waals surface area contributed by atoms with Gasteiger partial charge < -0.3 is 35.7 Å². The first kappa shape index (κ1) is 55.5. The van der Waals surface area contributed by atoms with Crippen LogP contribution in [0.3, 0.4) is 0 Å². The monoisotopic (exact) mass is 1060 g/mol. The maximum Gasteiger partial charge on any atom is 0.343 e. The summed E-state index contributed by atoms with van der Waals surface area (Å²) in [4.78, 5) is 135. The maximum atomic E-state index is 15.5. The molecule has 0 saturated heterocycles. The van der Waals surface area contributed by atoms with Crippen molar-refractivity contribution in [2.75, 3.05) is 19.6 Å². The number of fused-ring (bicyclic) bond motifs is 5. The zero-order valence-electron chi connectivity index (χ0n) is 43.7. The second-order valence-corrected chi connectivity index (χ2v) is 20.9. The highest BCUT2D eigenvalue weighted by atomic mass is 19.1. The van der Waals surface area contributed by atoms with E-state index in [1.165, 1.54) is 22.8 Å². The van der Waals surface area contributed by atoms with Gasteiger partial charge in [0.1, 0.15) is 12.4 Å². The van der Waals surface area contributed by atoms with Crippen LogP contribution in [0.15, 0.2) is 59.4 Å². The first-order valence-electron chi connectivity index (χ1n) is 26.3. The number of carbonyl (C=O) groups excluding carboxylic acids is 9. The van der Waals surface area contributed by atoms with Crippen molar-refractivity contribution in [1.29, 1.82) is 0 Å². The molecule has 0 fully saturated rings. The molecule has 406 valence electrons. The van der Waals surface area contributed by atoms with Gasteiger partial charge in [-0.2, -0.15) is 0 Å². The van der Waals surface area contributed by atoms with Crippen LogP contribution < -0.4 is 26.8 Å². The number of ether oxygens (including phenoxy) is 1. The van der Waals surface area contributed by atoms with Gasteiger partial charge in [-0.05, 0) is 80.2 Å². The molecule has 0 unspecified atom stereocenters. The van der Waals surface area contributed by atoms with Crippen LogP contribution >= 0.6 is 0 Å². The number of unbranched alkanes of at least 4 members (excludes halogenated alkanes) is 2. The molecule has 3 atom stereocenters. The van der Waals surface area contributed by atoms with Gasteiger partial charge in [0.25, 0.3) is 17.4 Å². The van der Waals surface area contributed by atoms with Crippen molar-refractivity contribution >= 4 is 63.9 Å². The van der Waals surface area contributed by atoms with Crippen LogP contribution in [0.4, 0.5) is 4.39 Å². The molecule has 0 spiro atoms. The van der Waals surface area contributed by atoms with Crippen LogP contribution in [0, 0.1) is 18.2 Å². The zero-order chi connectivity index (χ0) is 55.3. The van der Waals surface area contributed by atoms with E-state index in [4.69, 9.17) is 9.72 Å². The number of aromatic nitrogens is 2. The Labute approximate surface area is 443 Å². The molecule has 3 aliphatic heterocycles. The van der Waals surface area contributed by atoms with Crippen LogP contribution in [0.5, 0.6) is 0 Å². The normalized spacial score (nSPS) is 17.6. The quantitative estimate of drug-likeness (QED) is 0.0330. The first-order chi connectivity index (χ1) is 36.7. The number of carbonyl (C=O) groups is 9. The van der Waals surface area contributed by atoms with Gasteiger partial charge in [-0.1, -0.05) is 57.5 Å². The van der Waals surface area contributed by atoms with E-state index in [1.807, 2.05) is 6.07 Å². The lowest BCUT2D eigenvalue weighted by atomic mass is 9.80. The molecule has 5 N–H and O–H groups in total. The van der Waals surface area contributed by atoms with Crippen molar-refractivity contribution < 1.29 is 57.4 Å². The number of amides is 6. The molecule has 20 heteroatoms. The Morgan fingerprint density at radius 3 is 2.32 bits per heavy atom. The van der Waals surface area contributed by atoms with Gasteiger partial charge >= 0.3 is 5.97 Å². The molecule has 8 rings (SSSR count). The SMILES string of the molecule is CC[C@@]1(O)C(=O)OCc2c1cc1n(c2=O)Cc2c-1nc1cc(F)c(C)c3c1c2[C@@H](NC(=O)C(C)(C)CCNC(=O)CCC(=O)[C@H](Cc1ccccc1)NC(=O)CCC(=O)CNC(=O)CCCCCN1C(=O)C=CC1=O)CC3. The lowest BCUT2D eigenvalue weighted by Crippen LogP contribution is -2.44. The van der Waals surface area contributed by atoms with Gasteiger partial charge in [0.15, 0.2) is 17.2 Å². The smallest absolute Gasteiger partial charge is 0.343 e. The summed E-state index contributed by atoms with van der Waals surface area (Å²) in [5, 5.41) is 23.4. The predicted octanol–water partition coefficient (Wildman–Crippen LogP) is 4.19. The average molecular weight is 1060 g/mol. The molecule has 0 radical (unpaired) electrons. The lowest BCUT2D eigenvalue weighted by molar-refractivity contribution is -0.172. The van der Waals surface area contributed by atoms with Gasteiger partial charge in [0, 0.05) is 85.3 Å². The van der Waals surface area contributed by atoms with Crippen LogP contribution in [-0.2, 0) is 79.5 Å². The van der Waals surface area contributed by atoms with Crippen LogP contribution in [0.2, 0.25) is 0 Å². The van der Waals surface area contributed by atoms with Crippen molar-refractivity contribution in [1.82, 2.24) is 35.7 Å². The summed E-state index contributed by atoms with van der Waals surface area (Å²) in [6.45, 7) is 6.66. The van der Waals surface area contributed by atoms with Gasteiger partial charge in [0.05, 0.1) is 47.6 Å². The van der Waals surface area contributed by atoms with Crippen LogP contribution in [-0.4, -0.2) is 98.2 Å². The molecule has 77 heavy (non-hydrogen) atoms. The van der Waals surface area contributed by atoms with E-state index in [9.17, 15) is 53.1 Å². The minimum absolute atomic E-state index is 0.0378. The Morgan fingerprint density at radius 1 is 0.883 bits per heavy atom. The van der Waals surface area contributed by atoms with Crippen molar-refractivity contribution in [3.05, 3.63) is 110 Å². The first-order valence-corrected chi connectivity index (χ1v) is 26.3. The van der Waals surface area contributed by atoms with Gasteiger partial charge in [-0.25, -0.2) is 14.2 Å². The average Bonchev–Trinajstić information content (AvgIpc) is 3.95. The largest absolute Gasteiger partial charge is 0.458 e. The number of Topliss-reactive ketones (excluding diaryl/α,β-unsaturated/α-hetero) is 2. The third-order valence-corrected chi connectivity index (χ3v) is 15.3. The summed E-state index contributed by atoms with van der Waals surface area (Å²) in [5.41, 5.74) is 1.23. The van der Waals surface area contributed by atoms with Crippen LogP contribution in [0.25, 0.3) is 22.3 Å². The minimum Gasteiger partial charge on any atom is -0.458 e. The Kier molecular flexibility index (Phi) is 16.8. The van der Waals surface area contributed by atoms with E-state index in [-0.39, 0.29) is 125 Å². The molecule has 4 aliphatic rings. The Bertz CT molecular complexity index is 3170. The standard InChI is InChI=1S/C57H64FN7O12/c1-5-57(76)38-27-43-52-36(30-65(43)53(73)37(38)31-77-55(57)75)51-40(17-16-35-32(2)39(58)28-42(62-52)50(35)51)63-54(74)56(3,4)23-24-59-46(69)20-18-44(67)41(26-33-12-8-6-9-13-33)61-47(70)19-15-34(66)29-60-45(68)14-10-7-11-25-64-48(71)21-22-49(64)72/h6,8-9,12-13,21-22,27-28,40-41,76H,5,7,10-11,14-20,23-26,29-31H2,1-4H3,(H,59,69)(H,60,68)(H,61,70)(H,63,74)/t40-,41-,57-/m0/s1. The predicted molar refractivity (Wildman–Crippen MR) is 278 cm³/mol. The molecule has 19 nitrogen and oxygen atoms in total. The number of cyclic esters (lactones) is 1. The number of benzene rings is 2. The number of esters is 1. The molecule has 1 aliphatic carbocycles. The summed E-state index contributed by atoms with van der Waals surface area (Å²) in [6.07, 6.45) is 4.57. The van der Waals surface area contributed by atoms with E-state index < -0.39 is 58.0 Å². The van der Waals surface area contributed by atoms with E-state index >= 15 is 4.39 Å². The van der Waals surface area contributed by atoms with Crippen molar-refractivity contribution in [2.24, 2.45) is 5.41 Å².